The number of rotatable bonds is 3. The van der Waals surface area contributed by atoms with Crippen molar-refractivity contribution in [2.24, 2.45) is 0 Å². The van der Waals surface area contributed by atoms with Crippen LogP contribution >= 0.6 is 15.9 Å². The number of halogens is 2. The van der Waals surface area contributed by atoms with Gasteiger partial charge >= 0.3 is 0 Å². The lowest BCUT2D eigenvalue weighted by atomic mass is 10.1. The van der Waals surface area contributed by atoms with Gasteiger partial charge in [-0.2, -0.15) is 0 Å². The number of benzene rings is 2. The molecule has 0 bridgehead atoms. The van der Waals surface area contributed by atoms with E-state index in [1.165, 1.54) is 18.2 Å². The number of hydrogen-bond donors (Lipinski definition) is 2. The highest BCUT2D eigenvalue weighted by Gasteiger charge is 2.11. The van der Waals surface area contributed by atoms with Crippen molar-refractivity contribution < 1.29 is 9.50 Å². The third-order valence-electron chi connectivity index (χ3n) is 2.66. The van der Waals surface area contributed by atoms with Crippen LogP contribution < -0.4 is 5.32 Å². The van der Waals surface area contributed by atoms with Gasteiger partial charge in [0.15, 0.2) is 0 Å². The average molecular weight is 310 g/mol. The Bertz CT molecular complexity index is 559. The first-order valence-electron chi connectivity index (χ1n) is 5.57. The Balaban J connectivity index is 2.21. The van der Waals surface area contributed by atoms with E-state index in [2.05, 4.69) is 21.2 Å². The largest absolute Gasteiger partial charge is 0.508 e. The lowest BCUT2D eigenvalue weighted by Gasteiger charge is -2.17. The molecule has 4 heteroatoms. The van der Waals surface area contributed by atoms with Crippen molar-refractivity contribution in [1.82, 2.24) is 0 Å². The van der Waals surface area contributed by atoms with Crippen LogP contribution in [-0.4, -0.2) is 5.11 Å². The molecule has 1 atom stereocenters. The monoisotopic (exact) mass is 309 g/mol. The molecule has 2 aromatic carbocycles. The van der Waals surface area contributed by atoms with Crippen molar-refractivity contribution in [3.05, 3.63) is 58.3 Å². The Labute approximate surface area is 114 Å². The second-order valence-electron chi connectivity index (χ2n) is 4.08. The highest BCUT2D eigenvalue weighted by atomic mass is 79.9. The molecule has 0 heterocycles. The van der Waals surface area contributed by atoms with Crippen LogP contribution in [0.4, 0.5) is 10.1 Å². The van der Waals surface area contributed by atoms with Gasteiger partial charge in [-0.15, -0.1) is 0 Å². The van der Waals surface area contributed by atoms with Crippen molar-refractivity contribution in [2.45, 2.75) is 13.0 Å². The van der Waals surface area contributed by atoms with E-state index in [1.54, 1.807) is 0 Å². The predicted molar refractivity (Wildman–Crippen MR) is 74.2 cm³/mol. The van der Waals surface area contributed by atoms with Crippen molar-refractivity contribution in [1.29, 1.82) is 0 Å². The first-order chi connectivity index (χ1) is 8.56. The first-order valence-corrected chi connectivity index (χ1v) is 6.36. The van der Waals surface area contributed by atoms with Gasteiger partial charge in [-0.05, 0) is 43.3 Å². The predicted octanol–water partition coefficient (Wildman–Crippen LogP) is 4.47. The number of phenols is 1. The quantitative estimate of drug-likeness (QED) is 0.877. The maximum absolute atomic E-state index is 13.2. The molecular formula is C14H13BrFNO. The average Bonchev–Trinajstić information content (AvgIpc) is 2.32. The van der Waals surface area contributed by atoms with E-state index >= 15 is 0 Å². The molecule has 0 amide bonds. The minimum Gasteiger partial charge on any atom is -0.508 e. The molecule has 0 saturated carbocycles. The molecule has 2 nitrogen and oxygen atoms in total. The smallest absolute Gasteiger partial charge is 0.123 e. The van der Waals surface area contributed by atoms with Gasteiger partial charge in [-0.25, -0.2) is 4.39 Å². The lowest BCUT2D eigenvalue weighted by molar-refractivity contribution is 0.462. The molecule has 18 heavy (non-hydrogen) atoms. The van der Waals surface area contributed by atoms with Gasteiger partial charge in [-0.3, -0.25) is 0 Å². The highest BCUT2D eigenvalue weighted by molar-refractivity contribution is 9.10. The van der Waals surface area contributed by atoms with Crippen LogP contribution in [0.5, 0.6) is 5.75 Å². The van der Waals surface area contributed by atoms with Crippen molar-refractivity contribution in [2.75, 3.05) is 5.32 Å². The SMILES string of the molecule is CC(Nc1cccc(Br)c1)c1cc(F)ccc1O. The summed E-state index contributed by atoms with van der Waals surface area (Å²) in [5, 5.41) is 12.9. The summed E-state index contributed by atoms with van der Waals surface area (Å²) < 4.78 is 14.1. The maximum Gasteiger partial charge on any atom is 0.123 e. The summed E-state index contributed by atoms with van der Waals surface area (Å²) in [4.78, 5) is 0. The zero-order chi connectivity index (χ0) is 13.1. The van der Waals surface area contributed by atoms with Crippen molar-refractivity contribution in [3.63, 3.8) is 0 Å². The van der Waals surface area contributed by atoms with Gasteiger partial charge in [0.1, 0.15) is 11.6 Å². The molecule has 0 aliphatic rings. The second-order valence-corrected chi connectivity index (χ2v) is 5.00. The molecule has 0 spiro atoms. The summed E-state index contributed by atoms with van der Waals surface area (Å²) in [7, 11) is 0. The van der Waals surface area contributed by atoms with Crippen LogP contribution in [0.15, 0.2) is 46.9 Å². The Hall–Kier alpha value is -1.55. The molecular weight excluding hydrogens is 297 g/mol. The Kier molecular flexibility index (Phi) is 3.87. The van der Waals surface area contributed by atoms with Crippen LogP contribution in [0.3, 0.4) is 0 Å². The molecule has 0 aliphatic heterocycles. The molecule has 0 aromatic heterocycles. The van der Waals surface area contributed by atoms with Crippen molar-refractivity contribution >= 4 is 21.6 Å². The van der Waals surface area contributed by atoms with Gasteiger partial charge in [0, 0.05) is 15.7 Å². The maximum atomic E-state index is 13.2. The summed E-state index contributed by atoms with van der Waals surface area (Å²) in [6, 6.07) is 11.4. The normalized spacial score (nSPS) is 12.2. The summed E-state index contributed by atoms with van der Waals surface area (Å²) in [6.07, 6.45) is 0. The van der Waals surface area contributed by atoms with Gasteiger partial charge in [-0.1, -0.05) is 22.0 Å². The van der Waals surface area contributed by atoms with Crippen LogP contribution in [0, 0.1) is 5.82 Å². The zero-order valence-electron chi connectivity index (χ0n) is 9.82. The van der Waals surface area contributed by atoms with E-state index in [4.69, 9.17) is 0 Å². The van der Waals surface area contributed by atoms with E-state index in [1.807, 2.05) is 31.2 Å². The molecule has 2 aromatic rings. The van der Waals surface area contributed by atoms with Crippen LogP contribution in [-0.2, 0) is 0 Å². The van der Waals surface area contributed by atoms with Crippen LogP contribution in [0.2, 0.25) is 0 Å². The van der Waals surface area contributed by atoms with Gasteiger partial charge in [0.05, 0.1) is 6.04 Å². The molecule has 1 unspecified atom stereocenters. The fourth-order valence-electron chi connectivity index (χ4n) is 1.78. The minimum atomic E-state index is -0.356. The molecule has 94 valence electrons. The van der Waals surface area contributed by atoms with E-state index in [0.717, 1.165) is 10.2 Å². The number of hydrogen-bond acceptors (Lipinski definition) is 2. The summed E-state index contributed by atoms with van der Waals surface area (Å²) in [5.74, 6) is -0.267. The fourth-order valence-corrected chi connectivity index (χ4v) is 2.18. The van der Waals surface area contributed by atoms with Crippen LogP contribution in [0.1, 0.15) is 18.5 Å². The van der Waals surface area contributed by atoms with E-state index in [9.17, 15) is 9.50 Å². The zero-order valence-corrected chi connectivity index (χ0v) is 11.4. The van der Waals surface area contributed by atoms with Gasteiger partial charge in [0.25, 0.3) is 0 Å². The highest BCUT2D eigenvalue weighted by Crippen LogP contribution is 2.28. The second kappa shape index (κ2) is 5.40. The van der Waals surface area contributed by atoms with Gasteiger partial charge in [0.2, 0.25) is 0 Å². The minimum absolute atomic E-state index is 0.0893. The van der Waals surface area contributed by atoms with E-state index in [0.29, 0.717) is 5.56 Å². The first kappa shape index (κ1) is 12.9. The summed E-state index contributed by atoms with van der Waals surface area (Å²) in [5.41, 5.74) is 1.44. The third-order valence-corrected chi connectivity index (χ3v) is 3.16. The topological polar surface area (TPSA) is 32.3 Å². The number of anilines is 1. The van der Waals surface area contributed by atoms with Crippen molar-refractivity contribution in [3.8, 4) is 5.75 Å². The Morgan fingerprint density at radius 1 is 1.22 bits per heavy atom. The lowest BCUT2D eigenvalue weighted by Crippen LogP contribution is -2.07. The molecule has 2 rings (SSSR count). The fraction of sp³-hybridized carbons (Fsp3) is 0.143. The van der Waals surface area contributed by atoms with Gasteiger partial charge < -0.3 is 10.4 Å². The Morgan fingerprint density at radius 2 is 2.00 bits per heavy atom. The van der Waals surface area contributed by atoms with E-state index in [-0.39, 0.29) is 17.6 Å². The van der Waals surface area contributed by atoms with Crippen LogP contribution in [0.25, 0.3) is 0 Å². The molecule has 2 N–H and O–H groups in total. The standard InChI is InChI=1S/C14H13BrFNO/c1-9(13-8-11(16)5-6-14(13)18)17-12-4-2-3-10(15)7-12/h2-9,17-18H,1H3. The number of phenolic OH excluding ortho intramolecular Hbond substituents is 1. The third kappa shape index (κ3) is 3.01. The summed E-state index contributed by atoms with van der Waals surface area (Å²) >= 11 is 3.39. The van der Waals surface area contributed by atoms with E-state index < -0.39 is 0 Å². The molecule has 0 radical (unpaired) electrons. The molecule has 0 aliphatic carbocycles. The molecule has 0 saturated heterocycles. The number of aromatic hydroxyl groups is 1. The number of nitrogens with one attached hydrogen (secondary N) is 1. The molecule has 0 fully saturated rings. The Morgan fingerprint density at radius 3 is 2.72 bits per heavy atom. The summed E-state index contributed by atoms with van der Waals surface area (Å²) in [6.45, 7) is 1.87.